The average molecular weight is 420 g/mol. The van der Waals surface area contributed by atoms with Crippen LogP contribution in [0.25, 0.3) is 0 Å². The van der Waals surface area contributed by atoms with Crippen molar-refractivity contribution in [3.63, 3.8) is 0 Å². The van der Waals surface area contributed by atoms with E-state index < -0.39 is 0 Å². The van der Waals surface area contributed by atoms with Gasteiger partial charge >= 0.3 is 0 Å². The van der Waals surface area contributed by atoms with Gasteiger partial charge in [0.05, 0.1) is 12.3 Å². The van der Waals surface area contributed by atoms with E-state index in [-0.39, 0.29) is 12.5 Å². The second-order valence-electron chi connectivity index (χ2n) is 6.37. The largest absolute Gasteiger partial charge is 0.491 e. The van der Waals surface area contributed by atoms with E-state index in [4.69, 9.17) is 9.47 Å². The first-order valence-corrected chi connectivity index (χ1v) is 9.74. The predicted molar refractivity (Wildman–Crippen MR) is 109 cm³/mol. The number of para-hydroxylation sites is 2. The summed E-state index contributed by atoms with van der Waals surface area (Å²) in [5, 5.41) is 2.87. The highest BCUT2D eigenvalue weighted by Crippen LogP contribution is 2.29. The standard InChI is InChI=1S/C21H26BrNO3/c1-4-5-12-25-20-9-7-6-8-18(20)23-21(24)14-26-19-11-10-16(22)13-17(19)15(2)3/h6-11,13,15H,4-5,12,14H2,1-3H3,(H,23,24). The minimum absolute atomic E-state index is 0.0509. The number of nitrogens with one attached hydrogen (secondary N) is 1. The van der Waals surface area contributed by atoms with Crippen molar-refractivity contribution in [1.82, 2.24) is 0 Å². The van der Waals surface area contributed by atoms with Crippen molar-refractivity contribution in [2.75, 3.05) is 18.5 Å². The van der Waals surface area contributed by atoms with E-state index in [0.29, 0.717) is 24.0 Å². The smallest absolute Gasteiger partial charge is 0.262 e. The second kappa shape index (κ2) is 10.2. The molecule has 0 atom stereocenters. The highest BCUT2D eigenvalue weighted by molar-refractivity contribution is 9.10. The minimum Gasteiger partial charge on any atom is -0.491 e. The van der Waals surface area contributed by atoms with Crippen molar-refractivity contribution in [3.05, 3.63) is 52.5 Å². The van der Waals surface area contributed by atoms with Crippen molar-refractivity contribution in [1.29, 1.82) is 0 Å². The second-order valence-corrected chi connectivity index (χ2v) is 7.29. The summed E-state index contributed by atoms with van der Waals surface area (Å²) in [7, 11) is 0. The van der Waals surface area contributed by atoms with Crippen molar-refractivity contribution in [2.45, 2.75) is 39.5 Å². The topological polar surface area (TPSA) is 47.6 Å². The van der Waals surface area contributed by atoms with Crippen LogP contribution in [-0.2, 0) is 4.79 Å². The fraction of sp³-hybridized carbons (Fsp3) is 0.381. The summed E-state index contributed by atoms with van der Waals surface area (Å²) in [6.45, 7) is 6.89. The summed E-state index contributed by atoms with van der Waals surface area (Å²) in [6, 6.07) is 13.3. The molecule has 2 rings (SSSR count). The van der Waals surface area contributed by atoms with Crippen LogP contribution < -0.4 is 14.8 Å². The van der Waals surface area contributed by atoms with Gasteiger partial charge in [0.2, 0.25) is 0 Å². The average Bonchev–Trinajstić information content (AvgIpc) is 2.62. The zero-order valence-electron chi connectivity index (χ0n) is 15.5. The van der Waals surface area contributed by atoms with Crippen molar-refractivity contribution < 1.29 is 14.3 Å². The van der Waals surface area contributed by atoms with Gasteiger partial charge in [0.1, 0.15) is 11.5 Å². The van der Waals surface area contributed by atoms with E-state index in [0.717, 1.165) is 28.6 Å². The Kier molecular flexibility index (Phi) is 7.98. The Balaban J connectivity index is 1.98. The summed E-state index contributed by atoms with van der Waals surface area (Å²) < 4.78 is 12.5. The molecular formula is C21H26BrNO3. The number of hydrogen-bond donors (Lipinski definition) is 1. The van der Waals surface area contributed by atoms with Crippen LogP contribution in [0.1, 0.15) is 45.1 Å². The molecule has 5 heteroatoms. The number of unbranched alkanes of at least 4 members (excludes halogenated alkanes) is 1. The van der Waals surface area contributed by atoms with Gasteiger partial charge in [0.25, 0.3) is 5.91 Å². The molecule has 0 aliphatic carbocycles. The normalized spacial score (nSPS) is 10.7. The monoisotopic (exact) mass is 419 g/mol. The molecule has 140 valence electrons. The first kappa shape index (κ1) is 20.3. The number of carbonyl (C=O) groups excluding carboxylic acids is 1. The molecule has 1 N–H and O–H groups in total. The lowest BCUT2D eigenvalue weighted by Crippen LogP contribution is -2.21. The van der Waals surface area contributed by atoms with Gasteiger partial charge in [0.15, 0.2) is 6.61 Å². The number of hydrogen-bond acceptors (Lipinski definition) is 3. The van der Waals surface area contributed by atoms with Crippen LogP contribution in [0.5, 0.6) is 11.5 Å². The third-order valence-electron chi connectivity index (χ3n) is 3.87. The minimum atomic E-state index is -0.214. The zero-order chi connectivity index (χ0) is 18.9. The van der Waals surface area contributed by atoms with E-state index >= 15 is 0 Å². The number of anilines is 1. The molecule has 26 heavy (non-hydrogen) atoms. The van der Waals surface area contributed by atoms with Crippen LogP contribution in [-0.4, -0.2) is 19.1 Å². The Morgan fingerprint density at radius 1 is 1.12 bits per heavy atom. The van der Waals surface area contributed by atoms with Crippen LogP contribution in [0.4, 0.5) is 5.69 Å². The fourth-order valence-corrected chi connectivity index (χ4v) is 2.83. The fourth-order valence-electron chi connectivity index (χ4n) is 2.45. The number of halogens is 1. The predicted octanol–water partition coefficient (Wildman–Crippen LogP) is 5.77. The third kappa shape index (κ3) is 6.06. The lowest BCUT2D eigenvalue weighted by atomic mass is 10.0. The molecule has 0 spiro atoms. The summed E-state index contributed by atoms with van der Waals surface area (Å²) in [4.78, 5) is 12.3. The van der Waals surface area contributed by atoms with Crippen molar-refractivity contribution in [3.8, 4) is 11.5 Å². The molecule has 0 saturated carbocycles. The highest BCUT2D eigenvalue weighted by atomic mass is 79.9. The molecule has 0 radical (unpaired) electrons. The molecule has 0 aromatic heterocycles. The van der Waals surface area contributed by atoms with Crippen LogP contribution >= 0.6 is 15.9 Å². The van der Waals surface area contributed by atoms with Crippen LogP contribution in [0.2, 0.25) is 0 Å². The number of ether oxygens (including phenoxy) is 2. The molecule has 0 aliphatic heterocycles. The maximum atomic E-state index is 12.3. The van der Waals surface area contributed by atoms with Crippen LogP contribution in [0.3, 0.4) is 0 Å². The lowest BCUT2D eigenvalue weighted by Gasteiger charge is -2.15. The van der Waals surface area contributed by atoms with Gasteiger partial charge in [-0.15, -0.1) is 0 Å². The molecular weight excluding hydrogens is 394 g/mol. The molecule has 0 unspecified atom stereocenters. The quantitative estimate of drug-likeness (QED) is 0.524. The summed E-state index contributed by atoms with van der Waals surface area (Å²) >= 11 is 3.47. The van der Waals surface area contributed by atoms with Gasteiger partial charge in [-0.3, -0.25) is 4.79 Å². The molecule has 0 fully saturated rings. The van der Waals surface area contributed by atoms with Crippen LogP contribution in [0.15, 0.2) is 46.9 Å². The molecule has 4 nitrogen and oxygen atoms in total. The molecule has 0 heterocycles. The molecule has 1 amide bonds. The summed E-state index contributed by atoms with van der Waals surface area (Å²) in [5.41, 5.74) is 1.73. The maximum Gasteiger partial charge on any atom is 0.262 e. The van der Waals surface area contributed by atoms with Gasteiger partial charge in [0, 0.05) is 4.47 Å². The van der Waals surface area contributed by atoms with Crippen molar-refractivity contribution in [2.24, 2.45) is 0 Å². The third-order valence-corrected chi connectivity index (χ3v) is 4.36. The molecule has 0 saturated heterocycles. The first-order chi connectivity index (χ1) is 12.5. The number of rotatable bonds is 9. The summed E-state index contributed by atoms with van der Waals surface area (Å²) in [6.07, 6.45) is 2.04. The molecule has 2 aromatic carbocycles. The Hall–Kier alpha value is -2.01. The van der Waals surface area contributed by atoms with Crippen molar-refractivity contribution >= 4 is 27.5 Å². The number of carbonyl (C=O) groups is 1. The van der Waals surface area contributed by atoms with Crippen LogP contribution in [0, 0.1) is 0 Å². The lowest BCUT2D eigenvalue weighted by molar-refractivity contribution is -0.118. The SMILES string of the molecule is CCCCOc1ccccc1NC(=O)COc1ccc(Br)cc1C(C)C. The van der Waals surface area contributed by atoms with E-state index in [1.807, 2.05) is 42.5 Å². The van der Waals surface area contributed by atoms with Gasteiger partial charge in [-0.2, -0.15) is 0 Å². The highest BCUT2D eigenvalue weighted by Gasteiger charge is 2.12. The van der Waals surface area contributed by atoms with Gasteiger partial charge in [-0.05, 0) is 48.2 Å². The van der Waals surface area contributed by atoms with E-state index in [2.05, 4.69) is 42.0 Å². The van der Waals surface area contributed by atoms with E-state index in [1.54, 1.807) is 0 Å². The Bertz CT molecular complexity index is 731. The summed E-state index contributed by atoms with van der Waals surface area (Å²) in [5.74, 6) is 1.50. The number of benzene rings is 2. The van der Waals surface area contributed by atoms with Gasteiger partial charge < -0.3 is 14.8 Å². The molecule has 2 aromatic rings. The van der Waals surface area contributed by atoms with Gasteiger partial charge in [-0.1, -0.05) is 55.3 Å². The Labute approximate surface area is 164 Å². The number of amides is 1. The van der Waals surface area contributed by atoms with E-state index in [9.17, 15) is 4.79 Å². The maximum absolute atomic E-state index is 12.3. The molecule has 0 bridgehead atoms. The molecule has 0 aliphatic rings. The first-order valence-electron chi connectivity index (χ1n) is 8.95. The van der Waals surface area contributed by atoms with E-state index in [1.165, 1.54) is 0 Å². The van der Waals surface area contributed by atoms with Gasteiger partial charge in [-0.25, -0.2) is 0 Å². The zero-order valence-corrected chi connectivity index (χ0v) is 17.1. The Morgan fingerprint density at radius 2 is 1.88 bits per heavy atom. The Morgan fingerprint density at radius 3 is 2.62 bits per heavy atom.